The van der Waals surface area contributed by atoms with Crippen molar-refractivity contribution in [2.75, 3.05) is 13.3 Å². The molecule has 0 amide bonds. The minimum absolute atomic E-state index is 0.374. The molecule has 140 valence electrons. The van der Waals surface area contributed by atoms with Gasteiger partial charge in [0.05, 0.1) is 4.90 Å². The zero-order valence-corrected chi connectivity index (χ0v) is 16.9. The molecule has 26 heavy (non-hydrogen) atoms. The summed E-state index contributed by atoms with van der Waals surface area (Å²) in [6, 6.07) is 11.8. The number of sulfone groups is 1. The number of guanidine groups is 1. The average Bonchev–Trinajstić information content (AvgIpc) is 2.55. The van der Waals surface area contributed by atoms with Crippen molar-refractivity contribution in [2.45, 2.75) is 38.8 Å². The van der Waals surface area contributed by atoms with E-state index in [0.717, 1.165) is 11.1 Å². The molecule has 0 heterocycles. The highest BCUT2D eigenvalue weighted by molar-refractivity contribution is 7.90. The predicted molar refractivity (Wildman–Crippen MR) is 107 cm³/mol. The van der Waals surface area contributed by atoms with Gasteiger partial charge in [-0.05, 0) is 49.1 Å². The number of hydrogen-bond acceptors (Lipinski definition) is 3. The highest BCUT2D eigenvalue weighted by Crippen LogP contribution is 2.16. The molecule has 5 nitrogen and oxygen atoms in total. The Hall–Kier alpha value is -2.34. The van der Waals surface area contributed by atoms with Crippen LogP contribution in [0.25, 0.3) is 0 Å². The van der Waals surface area contributed by atoms with Gasteiger partial charge in [0.15, 0.2) is 15.8 Å². The van der Waals surface area contributed by atoms with Crippen molar-refractivity contribution in [3.8, 4) is 0 Å². The van der Waals surface area contributed by atoms with Crippen LogP contribution in [-0.2, 0) is 22.9 Å². The van der Waals surface area contributed by atoms with Crippen LogP contribution in [0, 0.1) is 20.8 Å². The van der Waals surface area contributed by atoms with Crippen LogP contribution in [0.15, 0.2) is 46.3 Å². The van der Waals surface area contributed by atoms with Gasteiger partial charge >= 0.3 is 0 Å². The average molecular weight is 374 g/mol. The lowest BCUT2D eigenvalue weighted by atomic mass is 10.1. The molecule has 0 spiro atoms. The summed E-state index contributed by atoms with van der Waals surface area (Å²) < 4.78 is 23.4. The van der Waals surface area contributed by atoms with Crippen molar-refractivity contribution in [3.63, 3.8) is 0 Å². The van der Waals surface area contributed by atoms with E-state index in [2.05, 4.69) is 47.7 Å². The van der Waals surface area contributed by atoms with Gasteiger partial charge in [-0.15, -0.1) is 0 Å². The molecule has 0 aromatic heterocycles. The molecule has 0 bridgehead atoms. The van der Waals surface area contributed by atoms with Crippen LogP contribution in [0.1, 0.15) is 27.8 Å². The zero-order chi connectivity index (χ0) is 19.3. The Labute approximate surface area is 156 Å². The van der Waals surface area contributed by atoms with Crippen LogP contribution in [0.2, 0.25) is 0 Å². The van der Waals surface area contributed by atoms with Crippen molar-refractivity contribution < 1.29 is 8.42 Å². The number of nitrogens with zero attached hydrogens (tertiary/aromatic N) is 1. The Morgan fingerprint density at radius 3 is 2.23 bits per heavy atom. The van der Waals surface area contributed by atoms with Crippen LogP contribution >= 0.6 is 0 Å². The molecule has 0 fully saturated rings. The maximum atomic E-state index is 11.7. The van der Waals surface area contributed by atoms with Gasteiger partial charge in [-0.3, -0.25) is 4.99 Å². The summed E-state index contributed by atoms with van der Waals surface area (Å²) in [5.41, 5.74) is 5.49. The Morgan fingerprint density at radius 1 is 0.962 bits per heavy atom. The summed E-state index contributed by atoms with van der Waals surface area (Å²) in [7, 11) is -1.46. The normalized spacial score (nSPS) is 12.1. The summed E-state index contributed by atoms with van der Waals surface area (Å²) in [6.07, 6.45) is 1.23. The highest BCUT2D eigenvalue weighted by Gasteiger charge is 2.11. The molecule has 0 atom stereocenters. The summed E-state index contributed by atoms with van der Waals surface area (Å²) in [5, 5.41) is 6.57. The molecule has 0 saturated heterocycles. The maximum Gasteiger partial charge on any atom is 0.191 e. The van der Waals surface area contributed by atoms with Crippen molar-refractivity contribution >= 4 is 15.8 Å². The van der Waals surface area contributed by atoms with Gasteiger partial charge in [-0.25, -0.2) is 8.42 Å². The van der Waals surface area contributed by atoms with Crippen molar-refractivity contribution in [1.82, 2.24) is 10.6 Å². The number of hydrogen-bond donors (Lipinski definition) is 2. The van der Waals surface area contributed by atoms with Gasteiger partial charge in [0.25, 0.3) is 0 Å². The van der Waals surface area contributed by atoms with E-state index in [1.807, 2.05) is 19.1 Å². The lowest BCUT2D eigenvalue weighted by Gasteiger charge is -2.14. The Morgan fingerprint density at radius 2 is 1.65 bits per heavy atom. The third-order valence-corrected chi connectivity index (χ3v) is 5.52. The maximum absolute atomic E-state index is 11.7. The molecule has 0 aliphatic carbocycles. The lowest BCUT2D eigenvalue weighted by molar-refractivity contribution is 0.601. The second-order valence-electron chi connectivity index (χ2n) is 6.58. The predicted octanol–water partition coefficient (Wildman–Crippen LogP) is 2.88. The fourth-order valence-corrected chi connectivity index (χ4v) is 3.83. The third-order valence-electron chi connectivity index (χ3n) is 4.27. The molecular weight excluding hydrogens is 346 g/mol. The smallest absolute Gasteiger partial charge is 0.191 e. The SMILES string of the molecule is CN=C(NCc1ccc(S(C)(=O)=O)c(C)c1)NCc1ccc(C)cc1C. The van der Waals surface area contributed by atoms with E-state index >= 15 is 0 Å². The van der Waals surface area contributed by atoms with Crippen LogP contribution in [0.4, 0.5) is 0 Å². The van der Waals surface area contributed by atoms with Crippen LogP contribution in [0.3, 0.4) is 0 Å². The first-order valence-electron chi connectivity index (χ1n) is 8.51. The molecule has 2 rings (SSSR count). The van der Waals surface area contributed by atoms with Gasteiger partial charge in [0.1, 0.15) is 0 Å². The number of rotatable bonds is 5. The van der Waals surface area contributed by atoms with Gasteiger partial charge in [0, 0.05) is 26.4 Å². The molecule has 0 unspecified atom stereocenters. The van der Waals surface area contributed by atoms with Crippen molar-refractivity contribution in [1.29, 1.82) is 0 Å². The molecule has 0 radical (unpaired) electrons. The Bertz CT molecular complexity index is 919. The fourth-order valence-electron chi connectivity index (χ4n) is 2.87. The van der Waals surface area contributed by atoms with Crippen LogP contribution in [-0.4, -0.2) is 27.7 Å². The van der Waals surface area contributed by atoms with E-state index in [0.29, 0.717) is 23.9 Å². The van der Waals surface area contributed by atoms with Crippen LogP contribution < -0.4 is 10.6 Å². The standard InChI is InChI=1S/C20H27N3O2S/c1-14-6-8-18(15(2)10-14)13-23-20(21-4)22-12-17-7-9-19(16(3)11-17)26(5,24)25/h6-11H,12-13H2,1-5H3,(H2,21,22,23). The summed E-state index contributed by atoms with van der Waals surface area (Å²) >= 11 is 0. The topological polar surface area (TPSA) is 70.6 Å². The first kappa shape index (κ1) is 20.0. The first-order valence-corrected chi connectivity index (χ1v) is 10.4. The van der Waals surface area contributed by atoms with Gasteiger partial charge < -0.3 is 10.6 Å². The minimum Gasteiger partial charge on any atom is -0.352 e. The molecule has 0 aliphatic heterocycles. The second-order valence-corrected chi connectivity index (χ2v) is 8.57. The summed E-state index contributed by atoms with van der Waals surface area (Å²) in [6.45, 7) is 7.26. The number of nitrogens with one attached hydrogen (secondary N) is 2. The molecule has 0 aliphatic rings. The molecule has 2 aromatic carbocycles. The van der Waals surface area contributed by atoms with E-state index in [1.54, 1.807) is 13.1 Å². The number of aryl methyl sites for hydroxylation is 3. The van der Waals surface area contributed by atoms with Crippen LogP contribution in [0.5, 0.6) is 0 Å². The van der Waals surface area contributed by atoms with E-state index in [1.165, 1.54) is 22.9 Å². The summed E-state index contributed by atoms with van der Waals surface area (Å²) in [4.78, 5) is 4.62. The quantitative estimate of drug-likeness (QED) is 0.624. The van der Waals surface area contributed by atoms with Gasteiger partial charge in [0.2, 0.25) is 0 Å². The zero-order valence-electron chi connectivity index (χ0n) is 16.1. The second kappa shape index (κ2) is 8.36. The number of aliphatic imine (C=N–C) groups is 1. The molecule has 2 N–H and O–H groups in total. The fraction of sp³-hybridized carbons (Fsp3) is 0.350. The van der Waals surface area contributed by atoms with Crippen molar-refractivity contribution in [2.24, 2.45) is 4.99 Å². The highest BCUT2D eigenvalue weighted by atomic mass is 32.2. The first-order chi connectivity index (χ1) is 12.2. The molecule has 2 aromatic rings. The van der Waals surface area contributed by atoms with E-state index in [-0.39, 0.29) is 0 Å². The third kappa shape index (κ3) is 5.33. The monoisotopic (exact) mass is 373 g/mol. The Balaban J connectivity index is 1.98. The minimum atomic E-state index is -3.19. The van der Waals surface area contributed by atoms with E-state index in [4.69, 9.17) is 0 Å². The largest absolute Gasteiger partial charge is 0.352 e. The van der Waals surface area contributed by atoms with Gasteiger partial charge in [-0.1, -0.05) is 35.9 Å². The number of benzene rings is 2. The van der Waals surface area contributed by atoms with E-state index < -0.39 is 9.84 Å². The molecule has 0 saturated carbocycles. The van der Waals surface area contributed by atoms with E-state index in [9.17, 15) is 8.42 Å². The lowest BCUT2D eigenvalue weighted by Crippen LogP contribution is -2.36. The summed E-state index contributed by atoms with van der Waals surface area (Å²) in [5.74, 6) is 0.704. The molecule has 6 heteroatoms. The van der Waals surface area contributed by atoms with Gasteiger partial charge in [-0.2, -0.15) is 0 Å². The molecular formula is C20H27N3O2S. The van der Waals surface area contributed by atoms with Crippen molar-refractivity contribution in [3.05, 3.63) is 64.2 Å². The Kier molecular flexibility index (Phi) is 6.42.